The average molecular weight is 1010 g/mol. The molecule has 2 aliphatic heterocycles. The van der Waals surface area contributed by atoms with Crippen LogP contribution in [0.5, 0.6) is 0 Å². The van der Waals surface area contributed by atoms with Gasteiger partial charge < -0.3 is 14.2 Å². The normalized spacial score (nSPS) is 20.4. The second-order valence-corrected chi connectivity index (χ2v) is 31.2. The molecule has 3 nitrogen and oxygen atoms in total. The predicted octanol–water partition coefficient (Wildman–Crippen LogP) is 18.5. The molecule has 0 unspecified atom stereocenters. The maximum absolute atomic E-state index is 7.10. The monoisotopic (exact) mass is 1010 g/mol. The Morgan fingerprint density at radius 2 is 1.00 bits per heavy atom. The minimum atomic E-state index is -0.146. The number of hydrogen-bond acceptors (Lipinski definition) is 4. The fourth-order valence-electron chi connectivity index (χ4n) is 14.9. The molecule has 2 aromatic heterocycles. The highest BCUT2D eigenvalue weighted by Crippen LogP contribution is 2.57. The maximum atomic E-state index is 7.10. The molecule has 8 aromatic rings. The molecule has 3 aliphatic carbocycles. The third-order valence-corrected chi connectivity index (χ3v) is 21.3. The van der Waals surface area contributed by atoms with Gasteiger partial charge in [-0.05, 0) is 197 Å². The Kier molecular flexibility index (Phi) is 10.0. The third-order valence-electron chi connectivity index (χ3n) is 20.1. The fraction of sp³-hybridized carbons (Fsp3) is 0.457. The van der Waals surface area contributed by atoms with Crippen molar-refractivity contribution in [1.29, 1.82) is 0 Å². The van der Waals surface area contributed by atoms with Crippen LogP contribution < -0.4 is 26.2 Å². The first-order valence-corrected chi connectivity index (χ1v) is 29.4. The van der Waals surface area contributed by atoms with E-state index in [-0.39, 0.29) is 50.0 Å². The molecular weight excluding hydrogens is 928 g/mol. The van der Waals surface area contributed by atoms with Crippen molar-refractivity contribution in [2.45, 2.75) is 206 Å². The van der Waals surface area contributed by atoms with Crippen LogP contribution in [0.4, 0.5) is 33.4 Å². The summed E-state index contributed by atoms with van der Waals surface area (Å²) < 4.78 is 8.51. The van der Waals surface area contributed by atoms with E-state index < -0.39 is 0 Å². The van der Waals surface area contributed by atoms with Gasteiger partial charge >= 0.3 is 0 Å². The summed E-state index contributed by atoms with van der Waals surface area (Å²) in [6.45, 7) is 44.1. The number of nitrogens with zero attached hydrogens (tertiary/aromatic N) is 2. The highest BCUT2D eigenvalue weighted by atomic mass is 32.1. The number of furan rings is 1. The number of rotatable bonds is 2. The van der Waals surface area contributed by atoms with E-state index in [1.807, 2.05) is 11.3 Å². The lowest BCUT2D eigenvalue weighted by molar-refractivity contribution is 0.332. The lowest BCUT2D eigenvalue weighted by Gasteiger charge is -2.48. The van der Waals surface area contributed by atoms with E-state index >= 15 is 0 Å². The Balaban J connectivity index is 1.22. The Bertz CT molecular complexity index is 3780. The zero-order valence-electron chi connectivity index (χ0n) is 48.7. The molecule has 5 heteroatoms. The summed E-state index contributed by atoms with van der Waals surface area (Å²) in [4.78, 5) is 5.50. The van der Waals surface area contributed by atoms with Gasteiger partial charge in [-0.3, -0.25) is 0 Å². The smallest absolute Gasteiger partial charge is 0.254 e. The van der Waals surface area contributed by atoms with Crippen LogP contribution in [0.3, 0.4) is 0 Å². The molecule has 0 fully saturated rings. The van der Waals surface area contributed by atoms with E-state index in [9.17, 15) is 0 Å². The zero-order valence-corrected chi connectivity index (χ0v) is 49.5. The molecule has 0 N–H and O–H groups in total. The second-order valence-electron chi connectivity index (χ2n) is 30.2. The zero-order chi connectivity index (χ0) is 53.3. The molecule has 6 aromatic carbocycles. The fourth-order valence-corrected chi connectivity index (χ4v) is 16.2. The first-order valence-electron chi connectivity index (χ1n) is 28.6. The van der Waals surface area contributed by atoms with Gasteiger partial charge in [-0.2, -0.15) is 0 Å². The van der Waals surface area contributed by atoms with Crippen molar-refractivity contribution in [2.24, 2.45) is 0 Å². The molecule has 0 spiro atoms. The third kappa shape index (κ3) is 7.03. The molecule has 13 rings (SSSR count). The number of benzene rings is 6. The van der Waals surface area contributed by atoms with Crippen LogP contribution in [-0.4, -0.2) is 6.71 Å². The maximum Gasteiger partial charge on any atom is 0.254 e. The molecule has 0 bridgehead atoms. The number of para-hydroxylation sites is 1. The van der Waals surface area contributed by atoms with Gasteiger partial charge in [0.2, 0.25) is 0 Å². The van der Waals surface area contributed by atoms with Crippen LogP contribution in [0.2, 0.25) is 0 Å². The van der Waals surface area contributed by atoms with Crippen LogP contribution in [0.15, 0.2) is 95.4 Å². The van der Waals surface area contributed by atoms with Crippen LogP contribution in [0, 0.1) is 0 Å². The Hall–Kier alpha value is -5.26. The highest BCUT2D eigenvalue weighted by Gasteiger charge is 2.50. The van der Waals surface area contributed by atoms with Gasteiger partial charge in [0.25, 0.3) is 6.71 Å². The van der Waals surface area contributed by atoms with Gasteiger partial charge in [0, 0.05) is 38.4 Å². The number of thiophene rings is 1. The van der Waals surface area contributed by atoms with E-state index in [4.69, 9.17) is 4.42 Å². The van der Waals surface area contributed by atoms with E-state index in [1.54, 1.807) is 0 Å². The molecule has 5 aliphatic rings. The topological polar surface area (TPSA) is 19.6 Å². The molecule has 386 valence electrons. The number of hydrogen-bond donors (Lipinski definition) is 0. The van der Waals surface area contributed by atoms with Crippen LogP contribution in [0.1, 0.15) is 208 Å². The molecular formula is C70H81BN2OS. The van der Waals surface area contributed by atoms with Gasteiger partial charge in [0.15, 0.2) is 0 Å². The Labute approximate surface area is 453 Å². The van der Waals surface area contributed by atoms with Gasteiger partial charge in [-0.15, -0.1) is 11.3 Å². The van der Waals surface area contributed by atoms with Crippen molar-refractivity contribution >= 4 is 99.9 Å². The van der Waals surface area contributed by atoms with Crippen molar-refractivity contribution < 1.29 is 4.42 Å². The van der Waals surface area contributed by atoms with Crippen molar-refractivity contribution in [3.8, 4) is 0 Å². The molecule has 75 heavy (non-hydrogen) atoms. The summed E-state index contributed by atoms with van der Waals surface area (Å²) in [5.74, 6) is 0. The van der Waals surface area contributed by atoms with Crippen molar-refractivity contribution in [3.63, 3.8) is 0 Å². The Morgan fingerprint density at radius 1 is 0.467 bits per heavy atom. The van der Waals surface area contributed by atoms with E-state index in [2.05, 4.69) is 225 Å². The quantitative estimate of drug-likeness (QED) is 0.161. The lowest BCUT2D eigenvalue weighted by Crippen LogP contribution is -2.61. The van der Waals surface area contributed by atoms with E-state index in [1.165, 1.54) is 141 Å². The minimum Gasteiger partial charge on any atom is -0.456 e. The van der Waals surface area contributed by atoms with Crippen LogP contribution in [0.25, 0.3) is 32.0 Å². The molecule has 4 heterocycles. The van der Waals surface area contributed by atoms with Gasteiger partial charge in [-0.1, -0.05) is 161 Å². The predicted molar refractivity (Wildman–Crippen MR) is 326 cm³/mol. The van der Waals surface area contributed by atoms with Crippen molar-refractivity contribution in [2.75, 3.05) is 9.80 Å². The molecule has 0 atom stereocenters. The molecule has 0 radical (unpaired) electrons. The van der Waals surface area contributed by atoms with Crippen LogP contribution >= 0.6 is 11.3 Å². The van der Waals surface area contributed by atoms with Crippen molar-refractivity contribution in [1.82, 2.24) is 0 Å². The molecule has 0 amide bonds. The summed E-state index contributed by atoms with van der Waals surface area (Å²) in [6.07, 6.45) is 7.06. The van der Waals surface area contributed by atoms with Gasteiger partial charge in [-0.25, -0.2) is 0 Å². The van der Waals surface area contributed by atoms with E-state index in [0.717, 1.165) is 24.0 Å². The average Bonchev–Trinajstić information content (AvgIpc) is 4.16. The first-order chi connectivity index (χ1) is 34.9. The van der Waals surface area contributed by atoms with Gasteiger partial charge in [0.05, 0.1) is 16.1 Å². The number of fused-ring (bicyclic) bond motifs is 12. The molecule has 0 saturated carbocycles. The van der Waals surface area contributed by atoms with Crippen molar-refractivity contribution in [3.05, 3.63) is 136 Å². The second kappa shape index (κ2) is 15.3. The first kappa shape index (κ1) is 49.3. The lowest BCUT2D eigenvalue weighted by atomic mass is 9.33. The minimum absolute atomic E-state index is 0.00222. The Morgan fingerprint density at radius 3 is 1.60 bits per heavy atom. The highest BCUT2D eigenvalue weighted by molar-refractivity contribution is 7.26. The SMILES string of the molecule is CC(C)(C)c1cc2c3c(c1)N(c1ccc(C(C)(C)C)c4oc5ccccc5c14)c1cc4c(cc1B3c1c(sc3cc5c(cc13)C(C)(C)CCC5(C)C)N2c1ccc2c(c1)C(C)(C)CCC2(C)C)C(C)(C)CCC4(C)C. The summed E-state index contributed by atoms with van der Waals surface area (Å²) >= 11 is 2.05. The summed E-state index contributed by atoms with van der Waals surface area (Å²) in [5, 5.41) is 5.17. The summed E-state index contributed by atoms with van der Waals surface area (Å²) in [5.41, 5.74) is 24.3. The van der Waals surface area contributed by atoms with Crippen LogP contribution in [-0.2, 0) is 43.3 Å². The number of anilines is 6. The summed E-state index contributed by atoms with van der Waals surface area (Å²) in [7, 11) is 0. The standard InChI is InChI=1S/C70H81BN2OS/c1-63(2,3)40-33-54-60-55(34-40)73(52-26-25-45(64(4,5)6)61-58(52)42-21-19-20-22-56(42)74-61)53-38-49-48(68(13,14)30-31-69(49,15)16)37-51(53)71(60)59-43-36-47-50(70(17,18)32-29-67(47,11)12)39-57(43)75-62(59)72(54)41-23-24-44-46(35-41)66(9,10)28-27-65(44,7)8/h19-26,33-39H,27-32H2,1-18H3. The van der Waals surface area contributed by atoms with E-state index in [0.29, 0.717) is 0 Å². The summed E-state index contributed by atoms with van der Waals surface area (Å²) in [6, 6.07) is 37.3. The van der Waals surface area contributed by atoms with Gasteiger partial charge in [0.1, 0.15) is 11.2 Å². The largest absolute Gasteiger partial charge is 0.456 e. The molecule has 0 saturated heterocycles.